The Morgan fingerprint density at radius 3 is 2.78 bits per heavy atom. The first-order valence-corrected chi connectivity index (χ1v) is 6.07. The van der Waals surface area contributed by atoms with E-state index < -0.39 is 4.92 Å². The number of pyridine rings is 1. The second kappa shape index (κ2) is 5.17. The number of rotatable bonds is 3. The van der Waals surface area contributed by atoms with Crippen LogP contribution in [-0.2, 0) is 0 Å². The zero-order valence-electron chi connectivity index (χ0n) is 9.13. The van der Waals surface area contributed by atoms with Crippen LogP contribution in [0.4, 0.5) is 23.0 Å². The van der Waals surface area contributed by atoms with Crippen molar-refractivity contribution in [3.8, 4) is 0 Å². The molecule has 0 radical (unpaired) electrons. The maximum Gasteiger partial charge on any atom is 0.276 e. The molecule has 0 aliphatic rings. The number of nitrogens with zero attached hydrogens (tertiary/aromatic N) is 2. The number of aromatic nitrogens is 1. The van der Waals surface area contributed by atoms with Crippen molar-refractivity contribution < 1.29 is 4.92 Å². The number of halogens is 1. The summed E-state index contributed by atoms with van der Waals surface area (Å²) >= 11 is 2.18. The van der Waals surface area contributed by atoms with E-state index in [1.54, 1.807) is 0 Å². The van der Waals surface area contributed by atoms with Crippen molar-refractivity contribution in [2.24, 2.45) is 0 Å². The number of benzene rings is 1. The van der Waals surface area contributed by atoms with Crippen LogP contribution < -0.4 is 11.1 Å². The highest BCUT2D eigenvalue weighted by atomic mass is 127. The van der Waals surface area contributed by atoms with Crippen LogP contribution in [0.5, 0.6) is 0 Å². The first-order chi connectivity index (χ1) is 8.54. The molecular formula is C11H9IN4O2. The van der Waals surface area contributed by atoms with E-state index in [4.69, 9.17) is 5.73 Å². The van der Waals surface area contributed by atoms with E-state index in [2.05, 4.69) is 32.9 Å². The van der Waals surface area contributed by atoms with Crippen molar-refractivity contribution in [2.45, 2.75) is 0 Å². The number of nitro groups is 1. The van der Waals surface area contributed by atoms with Gasteiger partial charge in [0.25, 0.3) is 5.69 Å². The van der Waals surface area contributed by atoms with E-state index in [1.165, 1.54) is 12.1 Å². The highest BCUT2D eigenvalue weighted by molar-refractivity contribution is 14.1. The van der Waals surface area contributed by atoms with Gasteiger partial charge in [0.15, 0.2) is 0 Å². The predicted octanol–water partition coefficient (Wildman–Crippen LogP) is 2.92. The summed E-state index contributed by atoms with van der Waals surface area (Å²) in [6.45, 7) is 0. The molecule has 18 heavy (non-hydrogen) atoms. The monoisotopic (exact) mass is 356 g/mol. The van der Waals surface area contributed by atoms with Gasteiger partial charge < -0.3 is 11.1 Å². The molecule has 0 unspecified atom stereocenters. The van der Waals surface area contributed by atoms with Crippen LogP contribution in [0.25, 0.3) is 0 Å². The molecule has 92 valence electrons. The van der Waals surface area contributed by atoms with E-state index in [9.17, 15) is 10.1 Å². The van der Waals surface area contributed by atoms with Crippen LogP contribution in [0.1, 0.15) is 0 Å². The molecule has 0 bridgehead atoms. The molecule has 6 nitrogen and oxygen atoms in total. The van der Waals surface area contributed by atoms with Gasteiger partial charge in [-0.25, -0.2) is 4.98 Å². The molecule has 1 aromatic heterocycles. The van der Waals surface area contributed by atoms with Crippen molar-refractivity contribution >= 4 is 45.6 Å². The van der Waals surface area contributed by atoms with Crippen LogP contribution in [0.2, 0.25) is 0 Å². The zero-order valence-corrected chi connectivity index (χ0v) is 11.3. The molecule has 2 aromatic rings. The molecule has 0 saturated heterocycles. The summed E-state index contributed by atoms with van der Waals surface area (Å²) in [6.07, 6.45) is 0. The molecule has 0 aliphatic carbocycles. The van der Waals surface area contributed by atoms with Gasteiger partial charge in [-0.05, 0) is 40.8 Å². The first kappa shape index (κ1) is 12.6. The lowest BCUT2D eigenvalue weighted by atomic mass is 10.3. The average Bonchev–Trinajstić information content (AvgIpc) is 2.28. The minimum Gasteiger partial charge on any atom is -0.383 e. The summed E-state index contributed by atoms with van der Waals surface area (Å²) in [5.41, 5.74) is 6.24. The topological polar surface area (TPSA) is 94.1 Å². The summed E-state index contributed by atoms with van der Waals surface area (Å²) in [6, 6.07) is 10.1. The molecule has 2 rings (SSSR count). The van der Waals surface area contributed by atoms with Gasteiger partial charge in [-0.1, -0.05) is 6.07 Å². The molecule has 1 aromatic carbocycles. The summed E-state index contributed by atoms with van der Waals surface area (Å²) < 4.78 is 1.05. The smallest absolute Gasteiger partial charge is 0.276 e. The fourth-order valence-corrected chi connectivity index (χ4v) is 1.96. The van der Waals surface area contributed by atoms with Crippen LogP contribution in [0, 0.1) is 13.7 Å². The van der Waals surface area contributed by atoms with Gasteiger partial charge in [0.05, 0.1) is 17.1 Å². The second-order valence-electron chi connectivity index (χ2n) is 3.53. The third kappa shape index (κ3) is 3.06. The summed E-state index contributed by atoms with van der Waals surface area (Å²) in [4.78, 5) is 14.2. The molecule has 0 amide bonds. The third-order valence-corrected chi connectivity index (χ3v) is 2.81. The molecule has 0 fully saturated rings. The van der Waals surface area contributed by atoms with E-state index in [1.807, 2.05) is 24.3 Å². The molecule has 7 heteroatoms. The zero-order chi connectivity index (χ0) is 13.1. The Morgan fingerprint density at radius 2 is 2.11 bits per heavy atom. The minimum absolute atomic E-state index is 0.0874. The average molecular weight is 356 g/mol. The SMILES string of the molecule is Nc1cc([N+](=O)[O-])cc(Nc2cccc(I)c2)n1. The van der Waals surface area contributed by atoms with Gasteiger partial charge in [0.1, 0.15) is 11.6 Å². The Balaban J connectivity index is 2.31. The van der Waals surface area contributed by atoms with Gasteiger partial charge in [0.2, 0.25) is 0 Å². The van der Waals surface area contributed by atoms with Crippen LogP contribution in [0.3, 0.4) is 0 Å². The van der Waals surface area contributed by atoms with E-state index >= 15 is 0 Å². The van der Waals surface area contributed by atoms with Gasteiger partial charge >= 0.3 is 0 Å². The van der Waals surface area contributed by atoms with Gasteiger partial charge in [0, 0.05) is 9.26 Å². The van der Waals surface area contributed by atoms with Crippen LogP contribution in [-0.4, -0.2) is 9.91 Å². The van der Waals surface area contributed by atoms with Crippen molar-refractivity contribution in [1.82, 2.24) is 4.98 Å². The second-order valence-corrected chi connectivity index (χ2v) is 4.77. The molecule has 1 heterocycles. The van der Waals surface area contributed by atoms with E-state index in [0.717, 1.165) is 9.26 Å². The number of anilines is 3. The van der Waals surface area contributed by atoms with Crippen LogP contribution in [0.15, 0.2) is 36.4 Å². The predicted molar refractivity (Wildman–Crippen MR) is 77.7 cm³/mol. The third-order valence-electron chi connectivity index (χ3n) is 2.14. The van der Waals surface area contributed by atoms with Crippen molar-refractivity contribution in [3.05, 3.63) is 50.1 Å². The molecule has 0 atom stereocenters. The number of nitrogens with one attached hydrogen (secondary N) is 1. The molecular weight excluding hydrogens is 347 g/mol. The Hall–Kier alpha value is -1.90. The highest BCUT2D eigenvalue weighted by Crippen LogP contribution is 2.22. The minimum atomic E-state index is -0.502. The normalized spacial score (nSPS) is 10.1. The van der Waals surface area contributed by atoms with Crippen molar-refractivity contribution in [2.75, 3.05) is 11.1 Å². The lowest BCUT2D eigenvalue weighted by Gasteiger charge is -2.06. The highest BCUT2D eigenvalue weighted by Gasteiger charge is 2.09. The lowest BCUT2D eigenvalue weighted by molar-refractivity contribution is -0.384. The molecule has 0 spiro atoms. The fraction of sp³-hybridized carbons (Fsp3) is 0. The quantitative estimate of drug-likeness (QED) is 0.501. The van der Waals surface area contributed by atoms with Gasteiger partial charge in [-0.3, -0.25) is 10.1 Å². The van der Waals surface area contributed by atoms with Gasteiger partial charge in [-0.2, -0.15) is 0 Å². The molecule has 3 N–H and O–H groups in total. The van der Waals surface area contributed by atoms with E-state index in [0.29, 0.717) is 5.82 Å². The summed E-state index contributed by atoms with van der Waals surface area (Å²) in [5, 5.41) is 13.7. The number of hydrogen-bond acceptors (Lipinski definition) is 5. The Bertz CT molecular complexity index is 603. The van der Waals surface area contributed by atoms with Gasteiger partial charge in [-0.15, -0.1) is 0 Å². The molecule has 0 saturated carbocycles. The number of nitrogens with two attached hydrogens (primary N) is 1. The molecule has 0 aliphatic heterocycles. The summed E-state index contributed by atoms with van der Waals surface area (Å²) in [7, 11) is 0. The van der Waals surface area contributed by atoms with Crippen molar-refractivity contribution in [3.63, 3.8) is 0 Å². The number of hydrogen-bond donors (Lipinski definition) is 2. The maximum absolute atomic E-state index is 10.7. The lowest BCUT2D eigenvalue weighted by Crippen LogP contribution is -2.00. The Labute approximate surface area is 117 Å². The number of nitrogen functional groups attached to an aromatic ring is 1. The Kier molecular flexibility index (Phi) is 3.60. The first-order valence-electron chi connectivity index (χ1n) is 4.99. The fourth-order valence-electron chi connectivity index (χ4n) is 1.42. The van der Waals surface area contributed by atoms with Crippen LogP contribution >= 0.6 is 22.6 Å². The maximum atomic E-state index is 10.7. The standard InChI is InChI=1S/C11H9IN4O2/c12-7-2-1-3-8(4-7)14-11-6-9(16(17)18)5-10(13)15-11/h1-6H,(H3,13,14,15). The van der Waals surface area contributed by atoms with E-state index in [-0.39, 0.29) is 11.5 Å². The van der Waals surface area contributed by atoms with Crippen molar-refractivity contribution in [1.29, 1.82) is 0 Å². The Morgan fingerprint density at radius 1 is 1.33 bits per heavy atom. The summed E-state index contributed by atoms with van der Waals surface area (Å²) in [5.74, 6) is 0.459. The largest absolute Gasteiger partial charge is 0.383 e.